The Hall–Kier alpha value is -3.08. The molecule has 146 valence electrons. The van der Waals surface area contributed by atoms with Crippen LogP contribution in [-0.4, -0.2) is 0 Å². The third kappa shape index (κ3) is 7.82. The van der Waals surface area contributed by atoms with E-state index in [1.165, 1.54) is 11.1 Å². The summed E-state index contributed by atoms with van der Waals surface area (Å²) in [4.78, 5) is 0. The molecule has 0 fully saturated rings. The molecule has 4 aromatic rings. The minimum absolute atomic E-state index is 0. The van der Waals surface area contributed by atoms with Crippen molar-refractivity contribution >= 4 is 11.4 Å². The Kier molecular flexibility index (Phi) is 8.95. The SMILES string of the molecule is Nc1cccc(Cc2cc[c-]cc2)c1.Nc1cccc(Oc2cc[c-]cc2)c1.[Os+2]. The first-order chi connectivity index (χ1) is 13.7. The zero-order chi connectivity index (χ0) is 19.6. The molecule has 4 heteroatoms. The molecule has 0 atom stereocenters. The van der Waals surface area contributed by atoms with E-state index in [-0.39, 0.29) is 19.8 Å². The van der Waals surface area contributed by atoms with Crippen LogP contribution in [0.4, 0.5) is 11.4 Å². The summed E-state index contributed by atoms with van der Waals surface area (Å²) < 4.78 is 5.56. The fourth-order valence-electron chi connectivity index (χ4n) is 2.63. The molecule has 0 radical (unpaired) electrons. The molecule has 0 bridgehead atoms. The number of nitrogens with two attached hydrogens (primary N) is 2. The minimum atomic E-state index is 0. The summed E-state index contributed by atoms with van der Waals surface area (Å²) in [6.07, 6.45) is 0.930. The second-order valence-electron chi connectivity index (χ2n) is 6.24. The average Bonchev–Trinajstić information content (AvgIpc) is 2.70. The van der Waals surface area contributed by atoms with Crippen LogP contribution in [0, 0.1) is 12.1 Å². The molecule has 29 heavy (non-hydrogen) atoms. The fraction of sp³-hybridized carbons (Fsp3) is 0.0400. The van der Waals surface area contributed by atoms with Crippen molar-refractivity contribution in [3.05, 3.63) is 120 Å². The van der Waals surface area contributed by atoms with Crippen LogP contribution >= 0.6 is 0 Å². The van der Waals surface area contributed by atoms with E-state index in [4.69, 9.17) is 16.2 Å². The van der Waals surface area contributed by atoms with E-state index in [1.807, 2.05) is 72.8 Å². The van der Waals surface area contributed by atoms with Crippen LogP contribution in [0.15, 0.2) is 97.1 Å². The molecule has 4 aromatic carbocycles. The number of hydrogen-bond donors (Lipinski definition) is 2. The van der Waals surface area contributed by atoms with Crippen molar-refractivity contribution in [1.82, 2.24) is 0 Å². The zero-order valence-corrected chi connectivity index (χ0v) is 18.4. The van der Waals surface area contributed by atoms with Gasteiger partial charge in [0.15, 0.2) is 0 Å². The second-order valence-corrected chi connectivity index (χ2v) is 6.24. The summed E-state index contributed by atoms with van der Waals surface area (Å²) >= 11 is 0. The monoisotopic (exact) mass is 558 g/mol. The normalized spacial score (nSPS) is 9.52. The van der Waals surface area contributed by atoms with Gasteiger partial charge in [0.1, 0.15) is 5.75 Å². The number of nitrogen functional groups attached to an aromatic ring is 2. The number of ether oxygens (including phenoxy) is 1. The first-order valence-corrected chi connectivity index (χ1v) is 8.98. The van der Waals surface area contributed by atoms with Gasteiger partial charge in [-0.15, -0.1) is 12.1 Å². The van der Waals surface area contributed by atoms with Gasteiger partial charge in [-0.05, 0) is 36.2 Å². The van der Waals surface area contributed by atoms with Crippen molar-refractivity contribution in [3.8, 4) is 11.5 Å². The van der Waals surface area contributed by atoms with Gasteiger partial charge in [0, 0.05) is 23.2 Å². The Bertz CT molecular complexity index is 909. The van der Waals surface area contributed by atoms with Gasteiger partial charge in [-0.3, -0.25) is 0 Å². The molecule has 4 N–H and O–H groups in total. The molecular weight excluding hydrogens is 535 g/mol. The van der Waals surface area contributed by atoms with E-state index < -0.39 is 0 Å². The van der Waals surface area contributed by atoms with Gasteiger partial charge in [-0.25, -0.2) is 0 Å². The molecule has 0 saturated carbocycles. The molecule has 0 saturated heterocycles. The molecule has 0 spiro atoms. The maximum absolute atomic E-state index is 5.71. The van der Waals surface area contributed by atoms with E-state index in [1.54, 1.807) is 6.07 Å². The molecule has 0 amide bonds. The minimum Gasteiger partial charge on any atom is -0.483 e. The molecule has 4 rings (SSSR count). The predicted molar refractivity (Wildman–Crippen MR) is 115 cm³/mol. The Morgan fingerprint density at radius 2 is 1.21 bits per heavy atom. The van der Waals surface area contributed by atoms with Crippen LogP contribution in [0.2, 0.25) is 0 Å². The molecule has 0 aliphatic heterocycles. The van der Waals surface area contributed by atoms with Crippen LogP contribution in [0.1, 0.15) is 11.1 Å². The van der Waals surface area contributed by atoms with E-state index >= 15 is 0 Å². The first-order valence-electron chi connectivity index (χ1n) is 8.98. The Morgan fingerprint density at radius 1 is 0.621 bits per heavy atom. The van der Waals surface area contributed by atoms with Gasteiger partial charge in [0.25, 0.3) is 0 Å². The third-order valence-electron chi connectivity index (χ3n) is 3.93. The topological polar surface area (TPSA) is 61.3 Å². The van der Waals surface area contributed by atoms with Crippen molar-refractivity contribution in [1.29, 1.82) is 0 Å². The van der Waals surface area contributed by atoms with Crippen molar-refractivity contribution in [2.45, 2.75) is 6.42 Å². The van der Waals surface area contributed by atoms with Crippen molar-refractivity contribution in [2.75, 3.05) is 11.5 Å². The maximum atomic E-state index is 5.71. The first kappa shape index (κ1) is 22.2. The molecule has 3 nitrogen and oxygen atoms in total. The van der Waals surface area contributed by atoms with E-state index in [0.29, 0.717) is 5.69 Å². The number of benzene rings is 4. The zero-order valence-electron chi connectivity index (χ0n) is 15.9. The molecule has 0 aliphatic carbocycles. The number of rotatable bonds is 4. The van der Waals surface area contributed by atoms with Gasteiger partial charge in [-0.1, -0.05) is 18.2 Å². The summed E-state index contributed by atoms with van der Waals surface area (Å²) in [6, 6.07) is 36.6. The molecule has 0 aromatic heterocycles. The van der Waals surface area contributed by atoms with Gasteiger partial charge >= 0.3 is 19.8 Å². The van der Waals surface area contributed by atoms with Crippen molar-refractivity contribution in [3.63, 3.8) is 0 Å². The van der Waals surface area contributed by atoms with Crippen LogP contribution < -0.4 is 16.2 Å². The Labute approximate surface area is 185 Å². The van der Waals surface area contributed by atoms with E-state index in [2.05, 4.69) is 30.3 Å². The largest absolute Gasteiger partial charge is 2.00 e. The van der Waals surface area contributed by atoms with E-state index in [9.17, 15) is 0 Å². The summed E-state index contributed by atoms with van der Waals surface area (Å²) in [7, 11) is 0. The van der Waals surface area contributed by atoms with Crippen LogP contribution in [-0.2, 0) is 26.2 Å². The Morgan fingerprint density at radius 3 is 1.83 bits per heavy atom. The predicted octanol–water partition coefficient (Wildman–Crippen LogP) is 5.52. The summed E-state index contributed by atoms with van der Waals surface area (Å²) in [5, 5.41) is 0. The molecular formula is C25H22N2OOs. The number of anilines is 2. The smallest absolute Gasteiger partial charge is 0.483 e. The van der Waals surface area contributed by atoms with Crippen LogP contribution in [0.25, 0.3) is 0 Å². The van der Waals surface area contributed by atoms with Crippen molar-refractivity contribution < 1.29 is 24.5 Å². The maximum Gasteiger partial charge on any atom is 2.00 e. The standard InChI is InChI=1S/C13H12N.C12H10NO.Os/c14-13-8-4-7-12(10-13)9-11-5-2-1-3-6-11;13-10-5-4-8-12(9-10)14-11-6-2-1-3-7-11;/h2-8,10H,9,14H2;2-9H,13H2;/q2*-1;+2. The van der Waals surface area contributed by atoms with E-state index in [0.717, 1.165) is 23.6 Å². The van der Waals surface area contributed by atoms with Gasteiger partial charge in [0.05, 0.1) is 0 Å². The summed E-state index contributed by atoms with van der Waals surface area (Å²) in [5.74, 6) is 1.53. The molecule has 0 heterocycles. The number of hydrogen-bond acceptors (Lipinski definition) is 3. The Balaban J connectivity index is 0.000000200. The fourth-order valence-corrected chi connectivity index (χ4v) is 2.63. The van der Waals surface area contributed by atoms with Crippen LogP contribution in [0.5, 0.6) is 11.5 Å². The molecule has 0 aliphatic rings. The average molecular weight is 557 g/mol. The van der Waals surface area contributed by atoms with Crippen molar-refractivity contribution in [2.24, 2.45) is 0 Å². The van der Waals surface area contributed by atoms with Gasteiger partial charge in [-0.2, -0.15) is 54.1 Å². The quantitative estimate of drug-likeness (QED) is 0.257. The summed E-state index contributed by atoms with van der Waals surface area (Å²) in [6.45, 7) is 0. The van der Waals surface area contributed by atoms with Gasteiger partial charge in [0.2, 0.25) is 0 Å². The second kappa shape index (κ2) is 11.7. The van der Waals surface area contributed by atoms with Gasteiger partial charge < -0.3 is 16.2 Å². The third-order valence-corrected chi connectivity index (χ3v) is 3.93. The van der Waals surface area contributed by atoms with Crippen LogP contribution in [0.3, 0.4) is 0 Å². The summed E-state index contributed by atoms with van der Waals surface area (Å²) in [5.41, 5.74) is 15.4. The molecule has 0 unspecified atom stereocenters.